The summed E-state index contributed by atoms with van der Waals surface area (Å²) in [5.74, 6) is 0.756. The second-order valence-electron chi connectivity index (χ2n) is 5.06. The topological polar surface area (TPSA) is 15.3 Å². The number of nitrogens with zero attached hydrogens (tertiary/aromatic N) is 1. The van der Waals surface area contributed by atoms with Crippen molar-refractivity contribution >= 4 is 0 Å². The molecule has 1 rings (SSSR count). The summed E-state index contributed by atoms with van der Waals surface area (Å²) in [7, 11) is 0. The molecule has 1 aliphatic rings. The monoisotopic (exact) mass is 210 g/mol. The second kappa shape index (κ2) is 5.66. The Bertz CT molecular complexity index is 193. The summed E-state index contributed by atoms with van der Waals surface area (Å²) in [6.07, 6.45) is 3.33. The van der Waals surface area contributed by atoms with Crippen LogP contribution in [0.3, 0.4) is 0 Å². The standard InChI is InChI=1S/C13H26N2/c1-5-9-15(6-2)11-13(12(3)4)7-8-14-10-13/h5,12,14H,1,6-11H2,2-4H3. The Kier molecular flexibility index (Phi) is 4.81. The highest BCUT2D eigenvalue weighted by molar-refractivity contribution is 4.93. The van der Waals surface area contributed by atoms with Crippen LogP contribution in [0.15, 0.2) is 12.7 Å². The molecule has 1 unspecified atom stereocenters. The van der Waals surface area contributed by atoms with Crippen LogP contribution in [0.2, 0.25) is 0 Å². The SMILES string of the molecule is C=CCN(CC)CC1(C(C)C)CCNC1. The molecule has 1 aliphatic heterocycles. The average Bonchev–Trinajstić information content (AvgIpc) is 2.67. The van der Waals surface area contributed by atoms with Crippen LogP contribution in [-0.2, 0) is 0 Å². The van der Waals surface area contributed by atoms with E-state index in [1.165, 1.54) is 26.1 Å². The van der Waals surface area contributed by atoms with Crippen molar-refractivity contribution in [2.75, 3.05) is 32.7 Å². The molecule has 0 spiro atoms. The molecule has 1 fully saturated rings. The fourth-order valence-corrected chi connectivity index (χ4v) is 2.51. The Labute approximate surface area is 94.7 Å². The van der Waals surface area contributed by atoms with Crippen molar-refractivity contribution in [3.8, 4) is 0 Å². The third kappa shape index (κ3) is 3.05. The van der Waals surface area contributed by atoms with Crippen molar-refractivity contribution in [3.63, 3.8) is 0 Å². The van der Waals surface area contributed by atoms with Crippen LogP contribution in [0.25, 0.3) is 0 Å². The molecule has 0 aliphatic carbocycles. The van der Waals surface area contributed by atoms with Crippen LogP contribution < -0.4 is 5.32 Å². The first-order valence-corrected chi connectivity index (χ1v) is 6.18. The first-order valence-electron chi connectivity index (χ1n) is 6.18. The lowest BCUT2D eigenvalue weighted by molar-refractivity contribution is 0.130. The molecule has 1 atom stereocenters. The zero-order valence-electron chi connectivity index (χ0n) is 10.6. The van der Waals surface area contributed by atoms with Crippen LogP contribution in [0, 0.1) is 11.3 Å². The van der Waals surface area contributed by atoms with Crippen molar-refractivity contribution in [2.24, 2.45) is 11.3 Å². The highest BCUT2D eigenvalue weighted by Gasteiger charge is 2.37. The van der Waals surface area contributed by atoms with Gasteiger partial charge in [-0.05, 0) is 30.8 Å². The first kappa shape index (κ1) is 12.7. The highest BCUT2D eigenvalue weighted by Crippen LogP contribution is 2.34. The van der Waals surface area contributed by atoms with Gasteiger partial charge in [-0.25, -0.2) is 0 Å². The molecule has 88 valence electrons. The van der Waals surface area contributed by atoms with Gasteiger partial charge in [0.15, 0.2) is 0 Å². The third-order valence-electron chi connectivity index (χ3n) is 3.87. The molecule has 1 saturated heterocycles. The Hall–Kier alpha value is -0.340. The van der Waals surface area contributed by atoms with Gasteiger partial charge in [-0.15, -0.1) is 6.58 Å². The van der Waals surface area contributed by atoms with Gasteiger partial charge in [-0.2, -0.15) is 0 Å². The molecule has 0 radical (unpaired) electrons. The maximum absolute atomic E-state index is 3.83. The van der Waals surface area contributed by atoms with E-state index in [0.29, 0.717) is 5.41 Å². The summed E-state index contributed by atoms with van der Waals surface area (Å²) in [5, 5.41) is 3.51. The first-order chi connectivity index (χ1) is 7.14. The fourth-order valence-electron chi connectivity index (χ4n) is 2.51. The van der Waals surface area contributed by atoms with Crippen LogP contribution in [0.1, 0.15) is 27.2 Å². The van der Waals surface area contributed by atoms with Crippen molar-refractivity contribution < 1.29 is 0 Å². The minimum Gasteiger partial charge on any atom is -0.316 e. The molecular formula is C13H26N2. The fraction of sp³-hybridized carbons (Fsp3) is 0.846. The molecule has 0 amide bonds. The van der Waals surface area contributed by atoms with Gasteiger partial charge in [0.05, 0.1) is 0 Å². The third-order valence-corrected chi connectivity index (χ3v) is 3.87. The normalized spacial score (nSPS) is 26.5. The maximum Gasteiger partial charge on any atom is 0.0160 e. The number of hydrogen-bond donors (Lipinski definition) is 1. The van der Waals surface area contributed by atoms with Gasteiger partial charge in [0.1, 0.15) is 0 Å². The van der Waals surface area contributed by atoms with E-state index >= 15 is 0 Å². The van der Waals surface area contributed by atoms with Gasteiger partial charge < -0.3 is 5.32 Å². The molecule has 0 aromatic rings. The quantitative estimate of drug-likeness (QED) is 0.676. The lowest BCUT2D eigenvalue weighted by Crippen LogP contribution is -2.42. The summed E-state index contributed by atoms with van der Waals surface area (Å²) in [5.41, 5.74) is 0.485. The number of hydrogen-bond acceptors (Lipinski definition) is 2. The Morgan fingerprint density at radius 3 is 2.67 bits per heavy atom. The van der Waals surface area contributed by atoms with Crippen molar-refractivity contribution in [3.05, 3.63) is 12.7 Å². The molecule has 0 aromatic heterocycles. The lowest BCUT2D eigenvalue weighted by atomic mass is 9.76. The van der Waals surface area contributed by atoms with Gasteiger partial charge in [-0.1, -0.05) is 26.8 Å². The smallest absolute Gasteiger partial charge is 0.0160 e. The molecule has 1 N–H and O–H groups in total. The van der Waals surface area contributed by atoms with E-state index in [1.54, 1.807) is 0 Å². The van der Waals surface area contributed by atoms with Crippen molar-refractivity contribution in [1.29, 1.82) is 0 Å². The largest absolute Gasteiger partial charge is 0.316 e. The second-order valence-corrected chi connectivity index (χ2v) is 5.06. The minimum atomic E-state index is 0.485. The van der Waals surface area contributed by atoms with Gasteiger partial charge >= 0.3 is 0 Å². The van der Waals surface area contributed by atoms with E-state index in [-0.39, 0.29) is 0 Å². The highest BCUT2D eigenvalue weighted by atomic mass is 15.1. The molecular weight excluding hydrogens is 184 g/mol. The molecule has 2 heteroatoms. The van der Waals surface area contributed by atoms with E-state index in [2.05, 4.69) is 37.6 Å². The predicted molar refractivity (Wildman–Crippen MR) is 67.1 cm³/mol. The maximum atomic E-state index is 3.83. The predicted octanol–water partition coefficient (Wildman–Crippen LogP) is 2.13. The van der Waals surface area contributed by atoms with Crippen LogP contribution in [-0.4, -0.2) is 37.6 Å². The Balaban J connectivity index is 2.60. The number of nitrogens with one attached hydrogen (secondary N) is 1. The molecule has 15 heavy (non-hydrogen) atoms. The summed E-state index contributed by atoms with van der Waals surface area (Å²) in [4.78, 5) is 2.50. The van der Waals surface area contributed by atoms with Gasteiger partial charge in [0.25, 0.3) is 0 Å². The van der Waals surface area contributed by atoms with Gasteiger partial charge in [0.2, 0.25) is 0 Å². The van der Waals surface area contributed by atoms with E-state index in [1.807, 2.05) is 6.08 Å². The van der Waals surface area contributed by atoms with E-state index in [0.717, 1.165) is 19.0 Å². The van der Waals surface area contributed by atoms with Crippen LogP contribution in [0.5, 0.6) is 0 Å². The van der Waals surface area contributed by atoms with Crippen LogP contribution >= 0.6 is 0 Å². The molecule has 0 saturated carbocycles. The summed E-state index contributed by atoms with van der Waals surface area (Å²) >= 11 is 0. The van der Waals surface area contributed by atoms with Crippen molar-refractivity contribution in [2.45, 2.75) is 27.2 Å². The molecule has 1 heterocycles. The zero-order valence-corrected chi connectivity index (χ0v) is 10.6. The zero-order chi connectivity index (χ0) is 11.3. The van der Waals surface area contributed by atoms with Crippen LogP contribution in [0.4, 0.5) is 0 Å². The van der Waals surface area contributed by atoms with Crippen molar-refractivity contribution in [1.82, 2.24) is 10.2 Å². The Morgan fingerprint density at radius 1 is 1.53 bits per heavy atom. The number of likely N-dealkylation sites (N-methyl/N-ethyl adjacent to an activating group) is 1. The van der Waals surface area contributed by atoms with E-state index < -0.39 is 0 Å². The molecule has 2 nitrogen and oxygen atoms in total. The number of rotatable bonds is 6. The molecule has 0 aromatic carbocycles. The van der Waals surface area contributed by atoms with E-state index in [4.69, 9.17) is 0 Å². The van der Waals surface area contributed by atoms with Gasteiger partial charge in [-0.3, -0.25) is 4.90 Å². The minimum absolute atomic E-state index is 0.485. The average molecular weight is 210 g/mol. The summed E-state index contributed by atoms with van der Waals surface area (Å²) in [6, 6.07) is 0. The lowest BCUT2D eigenvalue weighted by Gasteiger charge is -2.37. The van der Waals surface area contributed by atoms with E-state index in [9.17, 15) is 0 Å². The van der Waals surface area contributed by atoms with Gasteiger partial charge in [0, 0.05) is 19.6 Å². The molecule has 0 bridgehead atoms. The summed E-state index contributed by atoms with van der Waals surface area (Å²) in [6.45, 7) is 16.5. The summed E-state index contributed by atoms with van der Waals surface area (Å²) < 4.78 is 0. The Morgan fingerprint density at radius 2 is 2.27 bits per heavy atom.